The molecule has 2 saturated heterocycles. The predicted molar refractivity (Wildman–Crippen MR) is 80.5 cm³/mol. The van der Waals surface area contributed by atoms with Gasteiger partial charge >= 0.3 is 0 Å². The van der Waals surface area contributed by atoms with Gasteiger partial charge in [-0.25, -0.2) is 0 Å². The number of phenolic OH excluding ortho intramolecular Hbond substituents is 2. The lowest BCUT2D eigenvalue weighted by Gasteiger charge is -2.41. The zero-order valence-electron chi connectivity index (χ0n) is 12.3. The Balaban J connectivity index is 1.91. The molecule has 21 heavy (non-hydrogen) atoms. The highest BCUT2D eigenvalue weighted by Crippen LogP contribution is 2.40. The summed E-state index contributed by atoms with van der Waals surface area (Å²) in [6, 6.07) is 5.01. The third kappa shape index (κ3) is 3.31. The van der Waals surface area contributed by atoms with Crippen LogP contribution in [-0.4, -0.2) is 54.5 Å². The van der Waals surface area contributed by atoms with Crippen molar-refractivity contribution < 1.29 is 14.9 Å². The van der Waals surface area contributed by atoms with Crippen LogP contribution in [0.4, 0.5) is 0 Å². The van der Waals surface area contributed by atoms with Gasteiger partial charge in [-0.1, -0.05) is 0 Å². The molecule has 116 valence electrons. The standard InChI is InChI=1S/C16H24N2O3/c19-13-1-2-15(20)14(11-13)16(12-3-9-21-10-4-12)18-7-5-17-6-8-18/h1-2,11-12,16-17,19-20H,3-10H2/t16-/m1/s1. The van der Waals surface area contributed by atoms with Gasteiger partial charge in [0.2, 0.25) is 0 Å². The SMILES string of the molecule is Oc1ccc(O)c([C@@H](C2CCOCC2)N2CCNCC2)c1. The van der Waals surface area contributed by atoms with E-state index in [0.717, 1.165) is 57.8 Å². The second kappa shape index (κ2) is 6.64. The van der Waals surface area contributed by atoms with E-state index in [1.54, 1.807) is 12.1 Å². The van der Waals surface area contributed by atoms with E-state index in [1.807, 2.05) is 0 Å². The minimum atomic E-state index is 0.156. The Morgan fingerprint density at radius 3 is 2.57 bits per heavy atom. The van der Waals surface area contributed by atoms with Crippen LogP contribution in [0.5, 0.6) is 11.5 Å². The maximum Gasteiger partial charge on any atom is 0.120 e. The molecule has 1 aromatic rings. The summed E-state index contributed by atoms with van der Waals surface area (Å²) in [5.74, 6) is 0.961. The van der Waals surface area contributed by atoms with Gasteiger partial charge in [0.15, 0.2) is 0 Å². The summed E-state index contributed by atoms with van der Waals surface area (Å²) in [6.45, 7) is 5.45. The first-order valence-corrected chi connectivity index (χ1v) is 7.80. The van der Waals surface area contributed by atoms with Crippen molar-refractivity contribution in [1.29, 1.82) is 0 Å². The lowest BCUT2D eigenvalue weighted by atomic mass is 9.85. The Morgan fingerprint density at radius 1 is 1.14 bits per heavy atom. The molecule has 0 radical (unpaired) electrons. The number of hydrogen-bond acceptors (Lipinski definition) is 5. The molecule has 5 nitrogen and oxygen atoms in total. The summed E-state index contributed by atoms with van der Waals surface area (Å²) in [4.78, 5) is 2.43. The molecule has 0 spiro atoms. The number of aromatic hydroxyl groups is 2. The normalized spacial score (nSPS) is 23.0. The molecular weight excluding hydrogens is 268 g/mol. The van der Waals surface area contributed by atoms with Gasteiger partial charge in [0.25, 0.3) is 0 Å². The highest BCUT2D eigenvalue weighted by Gasteiger charge is 2.33. The lowest BCUT2D eigenvalue weighted by molar-refractivity contribution is 0.0206. The van der Waals surface area contributed by atoms with Gasteiger partial charge in [-0.3, -0.25) is 4.90 Å². The minimum absolute atomic E-state index is 0.156. The fraction of sp³-hybridized carbons (Fsp3) is 0.625. The molecule has 2 aliphatic heterocycles. The molecule has 1 aromatic carbocycles. The van der Waals surface area contributed by atoms with E-state index >= 15 is 0 Å². The first-order valence-electron chi connectivity index (χ1n) is 7.80. The van der Waals surface area contributed by atoms with Crippen molar-refractivity contribution >= 4 is 0 Å². The van der Waals surface area contributed by atoms with E-state index < -0.39 is 0 Å². The van der Waals surface area contributed by atoms with Crippen LogP contribution in [0.25, 0.3) is 0 Å². The van der Waals surface area contributed by atoms with Gasteiger partial charge in [0, 0.05) is 51.0 Å². The first kappa shape index (κ1) is 14.6. The van der Waals surface area contributed by atoms with Gasteiger partial charge in [-0.05, 0) is 37.0 Å². The van der Waals surface area contributed by atoms with E-state index in [0.29, 0.717) is 5.92 Å². The van der Waals surface area contributed by atoms with Crippen molar-refractivity contribution in [3.63, 3.8) is 0 Å². The van der Waals surface area contributed by atoms with Gasteiger partial charge in [-0.2, -0.15) is 0 Å². The molecule has 2 heterocycles. The average Bonchev–Trinajstić information content (AvgIpc) is 2.53. The number of rotatable bonds is 3. The Hall–Kier alpha value is -1.30. The van der Waals surface area contributed by atoms with Gasteiger partial charge in [0.05, 0.1) is 0 Å². The zero-order chi connectivity index (χ0) is 14.7. The number of benzene rings is 1. The number of ether oxygens (including phenoxy) is 1. The van der Waals surface area contributed by atoms with Crippen molar-refractivity contribution in [2.24, 2.45) is 5.92 Å². The van der Waals surface area contributed by atoms with Gasteiger partial charge in [0.1, 0.15) is 11.5 Å². The molecule has 3 N–H and O–H groups in total. The van der Waals surface area contributed by atoms with Crippen molar-refractivity contribution in [2.75, 3.05) is 39.4 Å². The third-order valence-corrected chi connectivity index (χ3v) is 4.59. The van der Waals surface area contributed by atoms with Crippen LogP contribution in [0.3, 0.4) is 0 Å². The smallest absolute Gasteiger partial charge is 0.120 e. The second-order valence-corrected chi connectivity index (χ2v) is 5.92. The number of nitrogens with zero attached hydrogens (tertiary/aromatic N) is 1. The molecule has 2 aliphatic rings. The van der Waals surface area contributed by atoms with Crippen molar-refractivity contribution in [2.45, 2.75) is 18.9 Å². The minimum Gasteiger partial charge on any atom is -0.508 e. The van der Waals surface area contributed by atoms with Crippen LogP contribution in [0, 0.1) is 5.92 Å². The summed E-state index contributed by atoms with van der Waals surface area (Å²) >= 11 is 0. The third-order valence-electron chi connectivity index (χ3n) is 4.59. The average molecular weight is 292 g/mol. The van der Waals surface area contributed by atoms with Crippen molar-refractivity contribution in [3.05, 3.63) is 23.8 Å². The van der Waals surface area contributed by atoms with Crippen molar-refractivity contribution in [3.8, 4) is 11.5 Å². The maximum absolute atomic E-state index is 10.3. The topological polar surface area (TPSA) is 65.0 Å². The van der Waals surface area contributed by atoms with Gasteiger partial charge in [-0.15, -0.1) is 0 Å². The molecular formula is C16H24N2O3. The molecule has 0 saturated carbocycles. The van der Waals surface area contributed by atoms with Crippen LogP contribution in [0.15, 0.2) is 18.2 Å². The molecule has 3 rings (SSSR count). The van der Waals surface area contributed by atoms with Crippen LogP contribution < -0.4 is 5.32 Å². The van der Waals surface area contributed by atoms with Crippen molar-refractivity contribution in [1.82, 2.24) is 10.2 Å². The van der Waals surface area contributed by atoms with E-state index in [-0.39, 0.29) is 17.5 Å². The number of phenols is 2. The van der Waals surface area contributed by atoms with E-state index in [2.05, 4.69) is 10.2 Å². The monoisotopic (exact) mass is 292 g/mol. The molecule has 2 fully saturated rings. The number of piperazine rings is 1. The Labute approximate surface area is 125 Å². The summed E-state index contributed by atoms with van der Waals surface area (Å²) < 4.78 is 5.48. The maximum atomic E-state index is 10.3. The largest absolute Gasteiger partial charge is 0.508 e. The highest BCUT2D eigenvalue weighted by atomic mass is 16.5. The first-order chi connectivity index (χ1) is 10.3. The summed E-state index contributed by atoms with van der Waals surface area (Å²) in [7, 11) is 0. The Bertz CT molecular complexity index is 451. The Kier molecular flexibility index (Phi) is 4.63. The fourth-order valence-corrected chi connectivity index (χ4v) is 3.52. The quantitative estimate of drug-likeness (QED) is 0.736. The van der Waals surface area contributed by atoms with E-state index in [1.165, 1.54) is 6.07 Å². The second-order valence-electron chi connectivity index (χ2n) is 5.92. The molecule has 1 atom stereocenters. The summed E-state index contributed by atoms with van der Waals surface area (Å²) in [6.07, 6.45) is 2.01. The lowest BCUT2D eigenvalue weighted by Crippen LogP contribution is -2.47. The number of nitrogens with one attached hydrogen (secondary N) is 1. The molecule has 0 aliphatic carbocycles. The van der Waals surface area contributed by atoms with Gasteiger partial charge < -0.3 is 20.3 Å². The highest BCUT2D eigenvalue weighted by molar-refractivity contribution is 5.41. The molecule has 0 unspecified atom stereocenters. The molecule has 0 bridgehead atoms. The van der Waals surface area contributed by atoms with Crippen LogP contribution in [0.2, 0.25) is 0 Å². The molecule has 0 aromatic heterocycles. The zero-order valence-corrected chi connectivity index (χ0v) is 12.3. The van der Waals surface area contributed by atoms with E-state index in [4.69, 9.17) is 4.74 Å². The molecule has 0 amide bonds. The summed E-state index contributed by atoms with van der Waals surface area (Å²) in [5.41, 5.74) is 0.851. The predicted octanol–water partition coefficient (Wildman–Crippen LogP) is 1.47. The molecule has 5 heteroatoms. The van der Waals surface area contributed by atoms with E-state index in [9.17, 15) is 10.2 Å². The summed E-state index contributed by atoms with van der Waals surface area (Å²) in [5, 5.41) is 23.5. The number of hydrogen-bond donors (Lipinski definition) is 3. The van der Waals surface area contributed by atoms with Crippen LogP contribution in [0.1, 0.15) is 24.4 Å². The Morgan fingerprint density at radius 2 is 1.86 bits per heavy atom. The van der Waals surface area contributed by atoms with Crippen LogP contribution in [-0.2, 0) is 4.74 Å². The fourth-order valence-electron chi connectivity index (χ4n) is 3.52. The van der Waals surface area contributed by atoms with Crippen LogP contribution >= 0.6 is 0 Å².